The monoisotopic (exact) mass is 290 g/mol. The molecule has 0 aromatic heterocycles. The van der Waals surface area contributed by atoms with E-state index in [1.165, 1.54) is 7.11 Å². The molecule has 0 radical (unpaired) electrons. The van der Waals surface area contributed by atoms with Crippen LogP contribution in [0.5, 0.6) is 0 Å². The molecule has 0 amide bonds. The second-order valence-corrected chi connectivity index (χ2v) is 6.49. The number of hydrogen-bond donors (Lipinski definition) is 0. The lowest BCUT2D eigenvalue weighted by Crippen LogP contribution is -2.40. The van der Waals surface area contributed by atoms with Crippen molar-refractivity contribution in [1.82, 2.24) is 0 Å². The highest BCUT2D eigenvalue weighted by molar-refractivity contribution is 5.95. The Labute approximate surface area is 125 Å². The van der Waals surface area contributed by atoms with Gasteiger partial charge in [0.1, 0.15) is 5.78 Å². The van der Waals surface area contributed by atoms with Crippen LogP contribution in [-0.4, -0.2) is 31.6 Å². The van der Waals surface area contributed by atoms with Crippen molar-refractivity contribution >= 4 is 11.8 Å². The molecule has 1 aromatic carbocycles. The van der Waals surface area contributed by atoms with Crippen molar-refractivity contribution in [2.75, 3.05) is 13.7 Å². The van der Waals surface area contributed by atoms with Crippen molar-refractivity contribution in [1.29, 1.82) is 0 Å². The van der Waals surface area contributed by atoms with Gasteiger partial charge in [0.2, 0.25) is 0 Å². The van der Waals surface area contributed by atoms with Crippen molar-refractivity contribution in [2.24, 2.45) is 5.41 Å². The summed E-state index contributed by atoms with van der Waals surface area (Å²) in [4.78, 5) is 24.3. The van der Waals surface area contributed by atoms with Gasteiger partial charge < -0.3 is 9.47 Å². The van der Waals surface area contributed by atoms with Crippen molar-refractivity contribution in [3.8, 4) is 0 Å². The molecule has 0 spiro atoms. The Bertz CT molecular complexity index is 542. The van der Waals surface area contributed by atoms with Gasteiger partial charge in [0.05, 0.1) is 31.3 Å². The maximum absolute atomic E-state index is 12.5. The quantitative estimate of drug-likeness (QED) is 0.786. The Kier molecular flexibility index (Phi) is 4.47. The maximum Gasteiger partial charge on any atom is 0.338 e. The van der Waals surface area contributed by atoms with Crippen LogP contribution in [0.15, 0.2) is 24.3 Å². The summed E-state index contributed by atoms with van der Waals surface area (Å²) < 4.78 is 10.7. The molecule has 4 heteroatoms. The molecule has 2 rings (SSSR count). The van der Waals surface area contributed by atoms with Crippen LogP contribution in [0.4, 0.5) is 0 Å². The Morgan fingerprint density at radius 3 is 2.52 bits per heavy atom. The highest BCUT2D eigenvalue weighted by Gasteiger charge is 2.37. The van der Waals surface area contributed by atoms with Gasteiger partial charge in [-0.2, -0.15) is 0 Å². The third-order valence-electron chi connectivity index (χ3n) is 3.95. The topological polar surface area (TPSA) is 52.6 Å². The summed E-state index contributed by atoms with van der Waals surface area (Å²) >= 11 is 0. The van der Waals surface area contributed by atoms with Crippen LogP contribution in [0.2, 0.25) is 0 Å². The van der Waals surface area contributed by atoms with Gasteiger partial charge in [0.15, 0.2) is 0 Å². The largest absolute Gasteiger partial charge is 0.465 e. The van der Waals surface area contributed by atoms with Crippen molar-refractivity contribution < 1.29 is 19.1 Å². The fourth-order valence-electron chi connectivity index (χ4n) is 2.61. The zero-order chi connectivity index (χ0) is 15.6. The molecule has 0 N–H and O–H groups in total. The zero-order valence-corrected chi connectivity index (χ0v) is 13.0. The summed E-state index contributed by atoms with van der Waals surface area (Å²) in [6.07, 6.45) is 0.301. The van der Waals surface area contributed by atoms with E-state index in [4.69, 9.17) is 9.47 Å². The molecule has 1 fully saturated rings. The van der Waals surface area contributed by atoms with Gasteiger partial charge in [0.25, 0.3) is 0 Å². The van der Waals surface area contributed by atoms with E-state index in [9.17, 15) is 9.59 Å². The van der Waals surface area contributed by atoms with Crippen LogP contribution >= 0.6 is 0 Å². The Morgan fingerprint density at radius 2 is 1.95 bits per heavy atom. The first-order valence-electron chi connectivity index (χ1n) is 7.16. The van der Waals surface area contributed by atoms with Gasteiger partial charge in [-0.25, -0.2) is 4.79 Å². The fraction of sp³-hybridized carbons (Fsp3) is 0.529. The van der Waals surface area contributed by atoms with Gasteiger partial charge in [0, 0.05) is 6.42 Å². The SMILES string of the molecule is COC(=O)c1ccccc1[C@@H]1CO[C@@H](C(C)(C)C)CC1=O. The van der Waals surface area contributed by atoms with E-state index in [1.54, 1.807) is 18.2 Å². The Morgan fingerprint density at radius 1 is 1.29 bits per heavy atom. The minimum absolute atomic E-state index is 0.0670. The molecule has 1 aliphatic rings. The Balaban J connectivity index is 2.25. The standard InChI is InChI=1S/C17H22O4/c1-17(2,3)15-9-14(18)13(10-21-15)11-7-5-6-8-12(11)16(19)20-4/h5-8,13,15H,9-10H2,1-4H3/t13-,15+/m0/s1. The highest BCUT2D eigenvalue weighted by atomic mass is 16.5. The number of Topliss-reactive ketones (excluding diaryl/α,β-unsaturated/α-hetero) is 1. The number of hydrogen-bond acceptors (Lipinski definition) is 4. The van der Waals surface area contributed by atoms with Crippen LogP contribution in [-0.2, 0) is 14.3 Å². The highest BCUT2D eigenvalue weighted by Crippen LogP contribution is 2.34. The zero-order valence-electron chi connectivity index (χ0n) is 13.0. The van der Waals surface area contributed by atoms with Crippen LogP contribution in [0.25, 0.3) is 0 Å². The molecular formula is C17H22O4. The molecule has 4 nitrogen and oxygen atoms in total. The molecule has 0 saturated carbocycles. The van der Waals surface area contributed by atoms with E-state index < -0.39 is 5.97 Å². The summed E-state index contributed by atoms with van der Waals surface area (Å²) in [6, 6.07) is 7.08. The number of carbonyl (C=O) groups excluding carboxylic acids is 2. The predicted octanol–water partition coefficient (Wildman–Crippen LogP) is 2.96. The molecule has 1 saturated heterocycles. The minimum atomic E-state index is -0.420. The van der Waals surface area contributed by atoms with Crippen molar-refractivity contribution in [3.63, 3.8) is 0 Å². The maximum atomic E-state index is 12.5. The van der Waals surface area contributed by atoms with E-state index in [-0.39, 0.29) is 23.2 Å². The van der Waals surface area contributed by atoms with Gasteiger partial charge in [-0.3, -0.25) is 4.79 Å². The third-order valence-corrected chi connectivity index (χ3v) is 3.95. The third kappa shape index (κ3) is 3.32. The second-order valence-electron chi connectivity index (χ2n) is 6.49. The molecule has 2 atom stereocenters. The predicted molar refractivity (Wildman–Crippen MR) is 79.3 cm³/mol. The van der Waals surface area contributed by atoms with E-state index in [0.717, 1.165) is 0 Å². The summed E-state index contributed by atoms with van der Waals surface area (Å²) in [5.74, 6) is -0.687. The molecule has 1 aromatic rings. The molecule has 114 valence electrons. The first-order chi connectivity index (χ1) is 9.84. The lowest BCUT2D eigenvalue weighted by atomic mass is 9.80. The van der Waals surface area contributed by atoms with Gasteiger partial charge in [-0.15, -0.1) is 0 Å². The number of benzene rings is 1. The molecule has 0 unspecified atom stereocenters. The summed E-state index contributed by atoms with van der Waals surface area (Å²) in [7, 11) is 1.34. The average Bonchev–Trinajstić information content (AvgIpc) is 2.45. The van der Waals surface area contributed by atoms with Crippen molar-refractivity contribution in [3.05, 3.63) is 35.4 Å². The van der Waals surface area contributed by atoms with E-state index in [0.29, 0.717) is 24.2 Å². The number of rotatable bonds is 2. The van der Waals surface area contributed by atoms with Gasteiger partial charge in [-0.05, 0) is 17.0 Å². The van der Waals surface area contributed by atoms with Crippen LogP contribution in [0.3, 0.4) is 0 Å². The first kappa shape index (κ1) is 15.7. The van der Waals surface area contributed by atoms with Gasteiger partial charge in [-0.1, -0.05) is 39.0 Å². The number of methoxy groups -OCH3 is 1. The van der Waals surface area contributed by atoms with E-state index in [1.807, 2.05) is 6.07 Å². The van der Waals surface area contributed by atoms with Crippen LogP contribution < -0.4 is 0 Å². The molecule has 1 heterocycles. The minimum Gasteiger partial charge on any atom is -0.465 e. The average molecular weight is 290 g/mol. The number of ether oxygens (including phenoxy) is 2. The first-order valence-corrected chi connectivity index (χ1v) is 7.16. The van der Waals surface area contributed by atoms with Crippen LogP contribution in [0.1, 0.15) is 49.0 Å². The number of carbonyl (C=O) groups is 2. The summed E-state index contributed by atoms with van der Waals surface area (Å²) in [6.45, 7) is 6.50. The lowest BCUT2D eigenvalue weighted by Gasteiger charge is -2.36. The molecule has 21 heavy (non-hydrogen) atoms. The summed E-state index contributed by atoms with van der Waals surface area (Å²) in [5.41, 5.74) is 1.07. The normalized spacial score (nSPS) is 23.0. The molecule has 0 bridgehead atoms. The lowest BCUT2D eigenvalue weighted by molar-refractivity contribution is -0.137. The smallest absolute Gasteiger partial charge is 0.338 e. The van der Waals surface area contributed by atoms with Crippen LogP contribution in [0, 0.1) is 5.41 Å². The number of esters is 1. The molecule has 0 aliphatic carbocycles. The Hall–Kier alpha value is -1.68. The van der Waals surface area contributed by atoms with Crippen molar-refractivity contribution in [2.45, 2.75) is 39.2 Å². The summed E-state index contributed by atoms with van der Waals surface area (Å²) in [5, 5.41) is 0. The number of ketones is 1. The molecular weight excluding hydrogens is 268 g/mol. The second kappa shape index (κ2) is 5.98. The molecule has 1 aliphatic heterocycles. The van der Waals surface area contributed by atoms with E-state index >= 15 is 0 Å². The van der Waals surface area contributed by atoms with Gasteiger partial charge >= 0.3 is 5.97 Å². The fourth-order valence-corrected chi connectivity index (χ4v) is 2.61. The van der Waals surface area contributed by atoms with E-state index in [2.05, 4.69) is 20.8 Å².